The molecule has 0 saturated heterocycles. The standard InChI is InChI=1S/C8H16N2S/c1-11-7-5-3-2-4-6-10-8-9/h10H,2-7H2,1H3. The molecule has 0 heterocycles. The van der Waals surface area contributed by atoms with Gasteiger partial charge >= 0.3 is 0 Å². The van der Waals surface area contributed by atoms with E-state index in [0.717, 1.165) is 13.0 Å². The van der Waals surface area contributed by atoms with E-state index in [2.05, 4.69) is 11.6 Å². The third-order valence-corrected chi connectivity index (χ3v) is 2.18. The van der Waals surface area contributed by atoms with Crippen LogP contribution < -0.4 is 5.32 Å². The van der Waals surface area contributed by atoms with Crippen molar-refractivity contribution in [1.29, 1.82) is 5.26 Å². The largest absolute Gasteiger partial charge is 0.324 e. The van der Waals surface area contributed by atoms with E-state index in [1.165, 1.54) is 25.0 Å². The van der Waals surface area contributed by atoms with Crippen molar-refractivity contribution in [2.24, 2.45) is 0 Å². The summed E-state index contributed by atoms with van der Waals surface area (Å²) in [7, 11) is 0. The molecular formula is C8H16N2S. The Balaban J connectivity index is 2.75. The van der Waals surface area contributed by atoms with Crippen molar-refractivity contribution in [2.75, 3.05) is 18.6 Å². The maximum atomic E-state index is 8.14. The van der Waals surface area contributed by atoms with Gasteiger partial charge in [-0.1, -0.05) is 12.8 Å². The smallest absolute Gasteiger partial charge is 0.176 e. The highest BCUT2D eigenvalue weighted by atomic mass is 32.2. The van der Waals surface area contributed by atoms with Gasteiger partial charge in [0.05, 0.1) is 0 Å². The quantitative estimate of drug-likeness (QED) is 0.362. The third-order valence-electron chi connectivity index (χ3n) is 1.48. The van der Waals surface area contributed by atoms with Crippen molar-refractivity contribution < 1.29 is 0 Å². The van der Waals surface area contributed by atoms with Gasteiger partial charge in [0.25, 0.3) is 0 Å². The molecule has 11 heavy (non-hydrogen) atoms. The molecule has 0 aromatic rings. The highest BCUT2D eigenvalue weighted by Crippen LogP contribution is 2.03. The summed E-state index contributed by atoms with van der Waals surface area (Å²) in [6, 6.07) is 0. The fourth-order valence-corrected chi connectivity index (χ4v) is 1.36. The molecule has 0 bridgehead atoms. The maximum absolute atomic E-state index is 8.14. The lowest BCUT2D eigenvalue weighted by molar-refractivity contribution is 0.652. The molecule has 0 radical (unpaired) electrons. The van der Waals surface area contributed by atoms with Crippen LogP contribution in [0.2, 0.25) is 0 Å². The molecule has 0 saturated carbocycles. The van der Waals surface area contributed by atoms with Gasteiger partial charge in [0.2, 0.25) is 0 Å². The minimum Gasteiger partial charge on any atom is -0.324 e. The molecule has 2 nitrogen and oxygen atoms in total. The second-order valence-corrected chi connectivity index (χ2v) is 3.43. The number of nitriles is 1. The molecule has 0 unspecified atom stereocenters. The first-order valence-corrected chi connectivity index (χ1v) is 5.42. The number of unbranched alkanes of at least 4 members (excludes halogenated alkanes) is 3. The van der Waals surface area contributed by atoms with Crippen molar-refractivity contribution >= 4 is 11.8 Å². The average molecular weight is 172 g/mol. The summed E-state index contributed by atoms with van der Waals surface area (Å²) >= 11 is 1.90. The van der Waals surface area contributed by atoms with E-state index in [9.17, 15) is 0 Å². The molecule has 0 rings (SSSR count). The molecule has 0 spiro atoms. The SMILES string of the molecule is CSCCCCCCNC#N. The van der Waals surface area contributed by atoms with Gasteiger partial charge in [-0.05, 0) is 24.9 Å². The Hall–Kier alpha value is -0.360. The summed E-state index contributed by atoms with van der Waals surface area (Å²) in [6.07, 6.45) is 9.04. The van der Waals surface area contributed by atoms with Gasteiger partial charge in [-0.15, -0.1) is 0 Å². The van der Waals surface area contributed by atoms with Crippen LogP contribution in [0.4, 0.5) is 0 Å². The van der Waals surface area contributed by atoms with Crippen molar-refractivity contribution in [3.63, 3.8) is 0 Å². The second kappa shape index (κ2) is 9.64. The Morgan fingerprint density at radius 2 is 2.00 bits per heavy atom. The third kappa shape index (κ3) is 9.64. The fraction of sp³-hybridized carbons (Fsp3) is 0.875. The molecule has 64 valence electrons. The Morgan fingerprint density at radius 1 is 1.27 bits per heavy atom. The van der Waals surface area contributed by atoms with E-state index in [-0.39, 0.29) is 0 Å². The highest BCUT2D eigenvalue weighted by Gasteiger charge is 1.88. The zero-order chi connectivity index (χ0) is 8.36. The van der Waals surface area contributed by atoms with Gasteiger partial charge in [0.1, 0.15) is 0 Å². The molecule has 0 aromatic heterocycles. The van der Waals surface area contributed by atoms with Gasteiger partial charge in [-0.25, -0.2) is 0 Å². The number of rotatable bonds is 7. The van der Waals surface area contributed by atoms with Crippen molar-refractivity contribution in [3.05, 3.63) is 0 Å². The summed E-state index contributed by atoms with van der Waals surface area (Å²) in [5.41, 5.74) is 0. The number of hydrogen-bond acceptors (Lipinski definition) is 3. The maximum Gasteiger partial charge on any atom is 0.176 e. The summed E-state index contributed by atoms with van der Waals surface area (Å²) in [5, 5.41) is 10.8. The van der Waals surface area contributed by atoms with Gasteiger partial charge in [0, 0.05) is 6.54 Å². The van der Waals surface area contributed by atoms with E-state index in [4.69, 9.17) is 5.26 Å². The average Bonchev–Trinajstić information content (AvgIpc) is 2.03. The lowest BCUT2D eigenvalue weighted by atomic mass is 10.2. The summed E-state index contributed by atoms with van der Waals surface area (Å²) in [5.74, 6) is 1.27. The molecule has 0 atom stereocenters. The van der Waals surface area contributed by atoms with Crippen LogP contribution >= 0.6 is 11.8 Å². The van der Waals surface area contributed by atoms with Crippen LogP contribution in [-0.2, 0) is 0 Å². The monoisotopic (exact) mass is 172 g/mol. The van der Waals surface area contributed by atoms with E-state index in [1.807, 2.05) is 18.0 Å². The normalized spacial score (nSPS) is 9.09. The molecule has 0 aliphatic carbocycles. The summed E-state index contributed by atoms with van der Waals surface area (Å²) < 4.78 is 0. The molecule has 0 aliphatic heterocycles. The van der Waals surface area contributed by atoms with Gasteiger partial charge in [0.15, 0.2) is 6.19 Å². The Bertz CT molecular complexity index is 109. The minimum absolute atomic E-state index is 0.843. The van der Waals surface area contributed by atoms with Crippen molar-refractivity contribution in [3.8, 4) is 6.19 Å². The fourth-order valence-electron chi connectivity index (χ4n) is 0.869. The number of thioether (sulfide) groups is 1. The van der Waals surface area contributed by atoms with Crippen LogP contribution in [0.25, 0.3) is 0 Å². The van der Waals surface area contributed by atoms with Gasteiger partial charge in [-0.3, -0.25) is 0 Å². The first-order valence-electron chi connectivity index (χ1n) is 4.02. The van der Waals surface area contributed by atoms with E-state index >= 15 is 0 Å². The number of nitrogens with zero attached hydrogens (tertiary/aromatic N) is 1. The minimum atomic E-state index is 0.843. The van der Waals surface area contributed by atoms with Crippen LogP contribution in [0.3, 0.4) is 0 Å². The number of nitrogens with one attached hydrogen (secondary N) is 1. The van der Waals surface area contributed by atoms with E-state index in [1.54, 1.807) is 0 Å². The Morgan fingerprint density at radius 3 is 2.64 bits per heavy atom. The first-order chi connectivity index (χ1) is 5.41. The lowest BCUT2D eigenvalue weighted by Crippen LogP contribution is -2.06. The van der Waals surface area contributed by atoms with Crippen LogP contribution in [0, 0.1) is 11.5 Å². The zero-order valence-electron chi connectivity index (χ0n) is 7.10. The predicted molar refractivity (Wildman–Crippen MR) is 50.5 cm³/mol. The summed E-state index contributed by atoms with van der Waals surface area (Å²) in [6.45, 7) is 0.843. The van der Waals surface area contributed by atoms with Crippen LogP contribution in [0.1, 0.15) is 25.7 Å². The van der Waals surface area contributed by atoms with Crippen molar-refractivity contribution in [1.82, 2.24) is 5.32 Å². The molecule has 0 aromatic carbocycles. The molecule has 3 heteroatoms. The van der Waals surface area contributed by atoms with Gasteiger partial charge in [-0.2, -0.15) is 17.0 Å². The summed E-state index contributed by atoms with van der Waals surface area (Å²) in [4.78, 5) is 0. The molecule has 1 N–H and O–H groups in total. The highest BCUT2D eigenvalue weighted by molar-refractivity contribution is 7.98. The Kier molecular flexibility index (Phi) is 9.32. The predicted octanol–water partition coefficient (Wildman–Crippen LogP) is 1.98. The second-order valence-electron chi connectivity index (χ2n) is 2.45. The number of hydrogen-bond donors (Lipinski definition) is 1. The molecular weight excluding hydrogens is 156 g/mol. The zero-order valence-corrected chi connectivity index (χ0v) is 7.91. The lowest BCUT2D eigenvalue weighted by Gasteiger charge is -1.98. The van der Waals surface area contributed by atoms with E-state index < -0.39 is 0 Å². The Labute approximate surface area is 73.4 Å². The first kappa shape index (κ1) is 10.6. The van der Waals surface area contributed by atoms with Crippen LogP contribution in [-0.4, -0.2) is 18.6 Å². The topological polar surface area (TPSA) is 35.8 Å². The molecule has 0 amide bonds. The molecule has 0 fully saturated rings. The van der Waals surface area contributed by atoms with Crippen LogP contribution in [0.5, 0.6) is 0 Å². The van der Waals surface area contributed by atoms with Crippen molar-refractivity contribution in [2.45, 2.75) is 25.7 Å². The van der Waals surface area contributed by atoms with Crippen LogP contribution in [0.15, 0.2) is 0 Å². The van der Waals surface area contributed by atoms with Gasteiger partial charge < -0.3 is 5.32 Å². The van der Waals surface area contributed by atoms with E-state index in [0.29, 0.717) is 0 Å². The molecule has 0 aliphatic rings.